The van der Waals surface area contributed by atoms with E-state index in [4.69, 9.17) is 10.5 Å². The van der Waals surface area contributed by atoms with E-state index in [0.29, 0.717) is 6.54 Å². The van der Waals surface area contributed by atoms with Crippen LogP contribution in [0.2, 0.25) is 0 Å². The third-order valence-electron chi connectivity index (χ3n) is 3.37. The molecule has 114 valence electrons. The highest BCUT2D eigenvalue weighted by Gasteiger charge is 2.19. The number of hydrogen-bond donors (Lipinski definition) is 1. The topological polar surface area (TPSA) is 38.5 Å². The van der Waals surface area contributed by atoms with Crippen LogP contribution in [-0.2, 0) is 6.54 Å². The summed E-state index contributed by atoms with van der Waals surface area (Å²) in [6, 6.07) is 8.27. The molecule has 21 heavy (non-hydrogen) atoms. The van der Waals surface area contributed by atoms with Crippen molar-refractivity contribution in [2.75, 3.05) is 20.7 Å². The second-order valence-electron chi connectivity index (χ2n) is 4.81. The number of likely N-dealkylation sites (N-methyl/N-ethyl adjacent to an activating group) is 1. The van der Waals surface area contributed by atoms with Gasteiger partial charge in [-0.05, 0) is 63.8 Å². The minimum absolute atomic E-state index is 0.133. The minimum atomic E-state index is 0.133. The van der Waals surface area contributed by atoms with Gasteiger partial charge in [0.1, 0.15) is 5.75 Å². The van der Waals surface area contributed by atoms with Crippen LogP contribution in [-0.4, -0.2) is 25.6 Å². The summed E-state index contributed by atoms with van der Waals surface area (Å²) in [6.07, 6.45) is 0. The van der Waals surface area contributed by atoms with E-state index in [1.807, 2.05) is 18.2 Å². The molecule has 0 aliphatic rings. The molecule has 0 bridgehead atoms. The van der Waals surface area contributed by atoms with Crippen molar-refractivity contribution in [2.24, 2.45) is 5.73 Å². The molecule has 1 atom stereocenters. The molecule has 1 aromatic carbocycles. The zero-order valence-electron chi connectivity index (χ0n) is 12.0. The Kier molecular flexibility index (Phi) is 6.25. The Hall–Kier alpha value is -0.400. The zero-order chi connectivity index (χ0) is 15.4. The van der Waals surface area contributed by atoms with Gasteiger partial charge >= 0.3 is 0 Å². The maximum Gasteiger partial charge on any atom is 0.119 e. The number of benzene rings is 1. The largest absolute Gasteiger partial charge is 0.497 e. The number of thiophene rings is 1. The van der Waals surface area contributed by atoms with Crippen LogP contribution in [0.25, 0.3) is 0 Å². The highest BCUT2D eigenvalue weighted by Crippen LogP contribution is 2.31. The molecule has 1 heterocycles. The first kappa shape index (κ1) is 17.0. The fourth-order valence-corrected chi connectivity index (χ4v) is 3.99. The van der Waals surface area contributed by atoms with Crippen molar-refractivity contribution >= 4 is 43.2 Å². The molecule has 2 N–H and O–H groups in total. The average molecular weight is 434 g/mol. The van der Waals surface area contributed by atoms with Gasteiger partial charge in [-0.3, -0.25) is 4.90 Å². The van der Waals surface area contributed by atoms with E-state index in [9.17, 15) is 0 Å². The van der Waals surface area contributed by atoms with Crippen LogP contribution < -0.4 is 10.5 Å². The summed E-state index contributed by atoms with van der Waals surface area (Å²) in [5.74, 6) is 0.846. The van der Waals surface area contributed by atoms with Crippen molar-refractivity contribution in [1.29, 1.82) is 0 Å². The molecule has 1 unspecified atom stereocenters. The molecule has 0 fully saturated rings. The van der Waals surface area contributed by atoms with Gasteiger partial charge in [-0.25, -0.2) is 0 Å². The predicted molar refractivity (Wildman–Crippen MR) is 96.0 cm³/mol. The first-order valence-electron chi connectivity index (χ1n) is 6.51. The fraction of sp³-hybridized carbons (Fsp3) is 0.333. The second kappa shape index (κ2) is 7.74. The number of hydrogen-bond acceptors (Lipinski definition) is 4. The first-order chi connectivity index (χ1) is 10.0. The molecular formula is C15H18Br2N2OS. The second-order valence-corrected chi connectivity index (χ2v) is 7.96. The molecule has 0 aliphatic heterocycles. The maximum absolute atomic E-state index is 6.02. The molecule has 2 aromatic rings. The number of nitrogens with zero attached hydrogens (tertiary/aromatic N) is 1. The first-order valence-corrected chi connectivity index (χ1v) is 8.98. The van der Waals surface area contributed by atoms with Gasteiger partial charge in [0, 0.05) is 23.6 Å². The summed E-state index contributed by atoms with van der Waals surface area (Å²) >= 11 is 8.82. The van der Waals surface area contributed by atoms with Crippen molar-refractivity contribution in [3.63, 3.8) is 0 Å². The molecule has 0 radical (unpaired) electrons. The van der Waals surface area contributed by atoms with E-state index in [-0.39, 0.29) is 6.04 Å². The summed E-state index contributed by atoms with van der Waals surface area (Å²) in [6.45, 7) is 1.40. The molecule has 3 nitrogen and oxygen atoms in total. The van der Waals surface area contributed by atoms with Crippen LogP contribution in [0.15, 0.2) is 37.9 Å². The Morgan fingerprint density at radius 1 is 1.33 bits per heavy atom. The normalized spacial score (nSPS) is 12.7. The van der Waals surface area contributed by atoms with Gasteiger partial charge in [-0.1, -0.05) is 15.9 Å². The summed E-state index contributed by atoms with van der Waals surface area (Å²) < 4.78 is 7.52. The molecule has 0 amide bonds. The SMILES string of the molecule is COc1ccc(Br)c(C(CN)N(C)Cc2csc(Br)c2)c1. The lowest BCUT2D eigenvalue weighted by Gasteiger charge is -2.28. The van der Waals surface area contributed by atoms with Crippen LogP contribution in [0.1, 0.15) is 17.2 Å². The number of halogens is 2. The van der Waals surface area contributed by atoms with Gasteiger partial charge < -0.3 is 10.5 Å². The van der Waals surface area contributed by atoms with Crippen molar-refractivity contribution in [2.45, 2.75) is 12.6 Å². The number of methoxy groups -OCH3 is 1. The standard InChI is InChI=1S/C15H18Br2N2OS/c1-19(8-10-5-15(17)21-9-10)14(7-18)12-6-11(20-2)3-4-13(12)16/h3-6,9,14H,7-8,18H2,1-2H3. The summed E-state index contributed by atoms with van der Waals surface area (Å²) in [5, 5.41) is 2.16. The summed E-state index contributed by atoms with van der Waals surface area (Å²) in [5.41, 5.74) is 8.45. The van der Waals surface area contributed by atoms with Crippen LogP contribution in [0.5, 0.6) is 5.75 Å². The van der Waals surface area contributed by atoms with E-state index in [0.717, 1.165) is 26.1 Å². The molecule has 0 saturated carbocycles. The number of nitrogens with two attached hydrogens (primary N) is 1. The monoisotopic (exact) mass is 432 g/mol. The van der Waals surface area contributed by atoms with Crippen molar-refractivity contribution < 1.29 is 4.74 Å². The molecule has 0 saturated heterocycles. The van der Waals surface area contributed by atoms with Crippen molar-refractivity contribution in [1.82, 2.24) is 4.90 Å². The highest BCUT2D eigenvalue weighted by atomic mass is 79.9. The van der Waals surface area contributed by atoms with Gasteiger partial charge in [0.25, 0.3) is 0 Å². The van der Waals surface area contributed by atoms with Gasteiger partial charge in [0.15, 0.2) is 0 Å². The predicted octanol–water partition coefficient (Wildman–Crippen LogP) is 4.41. The summed E-state index contributed by atoms with van der Waals surface area (Å²) in [7, 11) is 3.77. The molecular weight excluding hydrogens is 416 g/mol. The third kappa shape index (κ3) is 4.29. The van der Waals surface area contributed by atoms with Gasteiger partial charge in [-0.15, -0.1) is 11.3 Å². The fourth-order valence-electron chi connectivity index (χ4n) is 2.28. The van der Waals surface area contributed by atoms with E-state index in [1.165, 1.54) is 5.56 Å². The van der Waals surface area contributed by atoms with E-state index >= 15 is 0 Å². The van der Waals surface area contributed by atoms with Crippen LogP contribution in [0.3, 0.4) is 0 Å². The quantitative estimate of drug-likeness (QED) is 0.732. The van der Waals surface area contributed by atoms with Gasteiger partial charge in [-0.2, -0.15) is 0 Å². The minimum Gasteiger partial charge on any atom is -0.497 e. The van der Waals surface area contributed by atoms with E-state index in [1.54, 1.807) is 18.4 Å². The maximum atomic E-state index is 6.02. The van der Waals surface area contributed by atoms with Gasteiger partial charge in [0.2, 0.25) is 0 Å². The van der Waals surface area contributed by atoms with Gasteiger partial charge in [0.05, 0.1) is 10.9 Å². The van der Waals surface area contributed by atoms with Crippen molar-refractivity contribution in [3.8, 4) is 5.75 Å². The lowest BCUT2D eigenvalue weighted by molar-refractivity contribution is 0.241. The Morgan fingerprint density at radius 2 is 2.10 bits per heavy atom. The zero-order valence-corrected chi connectivity index (χ0v) is 16.0. The Morgan fingerprint density at radius 3 is 2.67 bits per heavy atom. The molecule has 6 heteroatoms. The Bertz CT molecular complexity index is 603. The van der Waals surface area contributed by atoms with Crippen LogP contribution >= 0.6 is 43.2 Å². The Labute approximate surface area is 146 Å². The third-order valence-corrected chi connectivity index (χ3v) is 5.65. The number of rotatable bonds is 6. The smallest absolute Gasteiger partial charge is 0.119 e. The molecule has 1 aromatic heterocycles. The summed E-state index contributed by atoms with van der Waals surface area (Å²) in [4.78, 5) is 2.26. The number of ether oxygens (including phenoxy) is 1. The van der Waals surface area contributed by atoms with Crippen LogP contribution in [0, 0.1) is 0 Å². The lowest BCUT2D eigenvalue weighted by Crippen LogP contribution is -2.30. The highest BCUT2D eigenvalue weighted by molar-refractivity contribution is 9.11. The molecule has 2 rings (SSSR count). The van der Waals surface area contributed by atoms with Crippen LogP contribution in [0.4, 0.5) is 0 Å². The average Bonchev–Trinajstić information content (AvgIpc) is 2.87. The molecule has 0 aliphatic carbocycles. The van der Waals surface area contributed by atoms with E-state index in [2.05, 4.69) is 55.3 Å². The van der Waals surface area contributed by atoms with E-state index < -0.39 is 0 Å². The Balaban J connectivity index is 2.22. The molecule has 0 spiro atoms. The lowest BCUT2D eigenvalue weighted by atomic mass is 10.0. The van der Waals surface area contributed by atoms with Crippen molar-refractivity contribution in [3.05, 3.63) is 49.0 Å².